The van der Waals surface area contributed by atoms with Crippen molar-refractivity contribution in [1.29, 1.82) is 0 Å². The van der Waals surface area contributed by atoms with Crippen molar-refractivity contribution >= 4 is 38.5 Å². The smallest absolute Gasteiger partial charge is 1.00 e. The summed E-state index contributed by atoms with van der Waals surface area (Å²) in [6.07, 6.45) is 23.0. The van der Waals surface area contributed by atoms with Crippen molar-refractivity contribution < 1.29 is 89.2 Å². The monoisotopic (exact) mass is 1460 g/mol. The maximum absolute atomic E-state index is 10.7. The third-order valence-electron chi connectivity index (χ3n) is 23.1. The molecule has 532 valence electrons. The number of aliphatic imine (C=N–C) groups is 4. The minimum absolute atomic E-state index is 0. The molecule has 0 amide bonds. The van der Waals surface area contributed by atoms with Gasteiger partial charge in [-0.15, -0.1) is 0 Å². The Balaban J connectivity index is 0.000000240. The van der Waals surface area contributed by atoms with Gasteiger partial charge in [0.15, 0.2) is 0 Å². The van der Waals surface area contributed by atoms with Crippen LogP contribution in [0, 0.1) is 67.0 Å². The van der Waals surface area contributed by atoms with Crippen molar-refractivity contribution in [2.75, 3.05) is 13.2 Å². The molecule has 0 radical (unpaired) electrons. The summed E-state index contributed by atoms with van der Waals surface area (Å²) in [6.45, 7) is 37.7. The van der Waals surface area contributed by atoms with E-state index in [1.807, 2.05) is 87.2 Å². The topological polar surface area (TPSA) is 110 Å². The standard InChI is InChI=1S/4C16H22N2.C4H10O.2Cu.2F6P/c4*1-15(2)12-7-8-16(15,3)14(10-12)18-11-13-6-4-5-9-17-13;1-3-5-4-2;;;2*1-7(2,3,4,5)6/h4*4-6,9,12H,7-8,10-11H2,1-3H3;3-4H2,1-2H3;;;;/q;;;;;2*+1;2*-1/t4*12-,16+;;;;;/m1111...../s1. The zero-order valence-corrected chi connectivity index (χ0v) is 60.0. The third-order valence-corrected chi connectivity index (χ3v) is 23.1. The summed E-state index contributed by atoms with van der Waals surface area (Å²) in [5, 5.41) is 0. The Bertz CT molecular complexity index is 2800. The number of rotatable bonds is 10. The fourth-order valence-corrected chi connectivity index (χ4v) is 15.5. The first-order chi connectivity index (χ1) is 41.5. The van der Waals surface area contributed by atoms with Gasteiger partial charge in [-0.25, -0.2) is 0 Å². The van der Waals surface area contributed by atoms with E-state index in [-0.39, 0.29) is 34.1 Å². The molecule has 0 spiro atoms. The van der Waals surface area contributed by atoms with Crippen LogP contribution in [0.15, 0.2) is 118 Å². The number of hydrogen-bond donors (Lipinski definition) is 0. The first-order valence-electron chi connectivity index (χ1n) is 31.9. The van der Waals surface area contributed by atoms with Crippen LogP contribution in [0.25, 0.3) is 0 Å². The van der Waals surface area contributed by atoms with Crippen molar-refractivity contribution in [1.82, 2.24) is 19.9 Å². The molecule has 8 bridgehead atoms. The van der Waals surface area contributed by atoms with Crippen molar-refractivity contribution in [3.8, 4) is 0 Å². The molecule has 4 heterocycles. The molecule has 0 aromatic carbocycles. The fourth-order valence-electron chi connectivity index (χ4n) is 15.5. The molecule has 8 aliphatic rings. The summed E-state index contributed by atoms with van der Waals surface area (Å²) in [7, 11) is -21.3. The fraction of sp³-hybridized carbons (Fsp3) is 0.647. The zero-order chi connectivity index (χ0) is 68.2. The molecule has 9 nitrogen and oxygen atoms in total. The summed E-state index contributed by atoms with van der Waals surface area (Å²) in [5.74, 6) is 3.35. The Morgan fingerprint density at radius 1 is 0.355 bits per heavy atom. The van der Waals surface area contributed by atoms with Gasteiger partial charge in [0, 0.05) is 82.5 Å². The van der Waals surface area contributed by atoms with Gasteiger partial charge in [0.1, 0.15) is 0 Å². The number of fused-ring (bicyclic) bond motifs is 8. The number of pyridine rings is 4. The summed E-state index contributed by atoms with van der Waals surface area (Å²) in [4.78, 5) is 37.0. The quantitative estimate of drug-likeness (QED) is 0.0892. The first kappa shape index (κ1) is 81.7. The van der Waals surface area contributed by atoms with Crippen LogP contribution >= 0.6 is 15.6 Å². The molecule has 8 fully saturated rings. The van der Waals surface area contributed by atoms with E-state index >= 15 is 0 Å². The molecule has 8 atom stereocenters. The van der Waals surface area contributed by atoms with E-state index < -0.39 is 15.6 Å². The summed E-state index contributed by atoms with van der Waals surface area (Å²) >= 11 is 0. The van der Waals surface area contributed by atoms with Gasteiger partial charge in [-0.2, -0.15) is 0 Å². The van der Waals surface area contributed by atoms with Gasteiger partial charge in [0.2, 0.25) is 0 Å². The minimum Gasteiger partial charge on any atom is 1.00 e. The average molecular weight is 1460 g/mol. The number of ether oxygens (including phenoxy) is 1. The van der Waals surface area contributed by atoms with Gasteiger partial charge in [-0.1, -0.05) is 107 Å². The van der Waals surface area contributed by atoms with Gasteiger partial charge in [-0.05, 0) is 185 Å². The number of halogens is 12. The molecule has 8 saturated carbocycles. The zero-order valence-electron chi connectivity index (χ0n) is 56.3. The molecule has 0 unspecified atom stereocenters. The van der Waals surface area contributed by atoms with E-state index in [9.17, 15) is 50.4 Å². The van der Waals surface area contributed by atoms with Gasteiger partial charge < -0.3 is 4.74 Å². The molecule has 12 rings (SSSR count). The van der Waals surface area contributed by atoms with Crippen molar-refractivity contribution in [3.63, 3.8) is 0 Å². The molecule has 8 aliphatic carbocycles. The van der Waals surface area contributed by atoms with Crippen molar-refractivity contribution in [2.45, 2.75) is 200 Å². The van der Waals surface area contributed by atoms with Crippen molar-refractivity contribution in [3.05, 3.63) is 120 Å². The molecule has 93 heavy (non-hydrogen) atoms. The number of hydrogen-bond acceptors (Lipinski definition) is 9. The second-order valence-corrected chi connectivity index (χ2v) is 32.8. The predicted molar refractivity (Wildman–Crippen MR) is 348 cm³/mol. The molecule has 0 N–H and O–H groups in total. The first-order valence-corrected chi connectivity index (χ1v) is 36.0. The van der Waals surface area contributed by atoms with E-state index in [2.05, 4.69) is 127 Å². The van der Waals surface area contributed by atoms with Gasteiger partial charge >= 0.3 is 100 Å². The van der Waals surface area contributed by atoms with Crippen LogP contribution < -0.4 is 0 Å². The minimum atomic E-state index is -10.7. The maximum atomic E-state index is 9.87. The maximum Gasteiger partial charge on any atom is 1.00 e. The Labute approximate surface area is 565 Å². The molecule has 4 aromatic heterocycles. The third kappa shape index (κ3) is 21.6. The Kier molecular flexibility index (Phi) is 25.2. The molecular formula is C68H98Cu2F12N8OP2. The van der Waals surface area contributed by atoms with Crippen LogP contribution in [0.4, 0.5) is 50.4 Å². The second kappa shape index (κ2) is 28.6. The van der Waals surface area contributed by atoms with Crippen LogP contribution in [0.3, 0.4) is 0 Å². The van der Waals surface area contributed by atoms with Crippen LogP contribution in [-0.4, -0.2) is 56.0 Å². The SMILES string of the molecule is CC1(C)[C@@H]2CC[C@@]1(C)C(=NCc1ccccn1)C2.CC1(C)[C@@H]2CC[C@@]1(C)C(=NCc1ccccn1)C2.CC1(C)[C@@H]2CC[C@@]1(C)C(=NCc1ccccn1)C2.CC1(C)[C@@H]2CC[C@@]1(C)C(=NCc1ccccn1)C2.CCOCC.F[P-](F)(F)(F)(F)F.F[P-](F)(F)(F)(F)F.[Cu+].[Cu+]. The van der Waals surface area contributed by atoms with E-state index in [0.29, 0.717) is 43.3 Å². The normalized spacial score (nSPS) is 31.2. The van der Waals surface area contributed by atoms with Gasteiger partial charge in [0.05, 0.1) is 49.0 Å². The second-order valence-electron chi connectivity index (χ2n) is 29.0. The Morgan fingerprint density at radius 3 is 0.645 bits per heavy atom. The van der Waals surface area contributed by atoms with E-state index in [1.165, 1.54) is 99.9 Å². The largest absolute Gasteiger partial charge is 1.00 e. The molecule has 25 heteroatoms. The molecule has 0 saturated heterocycles. The van der Waals surface area contributed by atoms with Crippen LogP contribution in [0.5, 0.6) is 0 Å². The average Bonchev–Trinajstić information content (AvgIpc) is 1.59. The van der Waals surface area contributed by atoms with E-state index in [0.717, 1.165) is 85.8 Å². The van der Waals surface area contributed by atoms with Crippen LogP contribution in [0.2, 0.25) is 0 Å². The van der Waals surface area contributed by atoms with Crippen LogP contribution in [-0.2, 0) is 65.1 Å². The Morgan fingerprint density at radius 2 is 0.538 bits per heavy atom. The summed E-state index contributed by atoms with van der Waals surface area (Å²) < 4.78 is 123. The van der Waals surface area contributed by atoms with Gasteiger partial charge in [0.25, 0.3) is 0 Å². The number of aromatic nitrogens is 4. The number of nitrogens with zero attached hydrogens (tertiary/aromatic N) is 8. The molecule has 4 aromatic rings. The summed E-state index contributed by atoms with van der Waals surface area (Å²) in [5.41, 5.74) is 13.1. The van der Waals surface area contributed by atoms with Gasteiger partial charge in [-0.3, -0.25) is 39.9 Å². The molecular weight excluding hydrogens is 1360 g/mol. The van der Waals surface area contributed by atoms with Crippen LogP contribution in [0.1, 0.15) is 197 Å². The van der Waals surface area contributed by atoms with E-state index in [4.69, 9.17) is 24.7 Å². The van der Waals surface area contributed by atoms with Crippen molar-refractivity contribution in [2.24, 2.45) is 87.0 Å². The summed E-state index contributed by atoms with van der Waals surface area (Å²) in [6, 6.07) is 24.2. The van der Waals surface area contributed by atoms with E-state index in [1.54, 1.807) is 0 Å². The molecule has 0 aliphatic heterocycles. The predicted octanol–water partition coefficient (Wildman–Crippen LogP) is 23.3. The Hall–Kier alpha value is -3.70.